The predicted octanol–water partition coefficient (Wildman–Crippen LogP) is 3.05. The number of nitrogens with one attached hydrogen (secondary N) is 2. The van der Waals surface area contributed by atoms with E-state index >= 15 is 0 Å². The largest absolute Gasteiger partial charge is 0.487 e. The summed E-state index contributed by atoms with van der Waals surface area (Å²) in [6.45, 7) is 3.06. The third kappa shape index (κ3) is 6.16. The second-order valence-electron chi connectivity index (χ2n) is 7.66. The molecule has 0 atom stereocenters. The Morgan fingerprint density at radius 1 is 0.970 bits per heavy atom. The number of amides is 2. The van der Waals surface area contributed by atoms with Gasteiger partial charge in [0.25, 0.3) is 5.91 Å². The summed E-state index contributed by atoms with van der Waals surface area (Å²) in [5, 5.41) is 5.58. The monoisotopic (exact) mass is 443 g/mol. The molecule has 0 saturated carbocycles. The summed E-state index contributed by atoms with van der Waals surface area (Å²) < 4.78 is 7.77. The summed E-state index contributed by atoms with van der Waals surface area (Å²) in [4.78, 5) is 32.7. The van der Waals surface area contributed by atoms with Gasteiger partial charge in [0.2, 0.25) is 5.91 Å². The lowest BCUT2D eigenvalue weighted by Crippen LogP contribution is -2.30. The van der Waals surface area contributed by atoms with E-state index in [2.05, 4.69) is 20.6 Å². The van der Waals surface area contributed by atoms with Crippen LogP contribution in [0, 0.1) is 6.92 Å². The summed E-state index contributed by atoms with van der Waals surface area (Å²) in [6.07, 6.45) is 7.52. The second kappa shape index (κ2) is 10.4. The summed E-state index contributed by atoms with van der Waals surface area (Å²) in [5.74, 6) is 0.285. The number of carbonyl (C=O) groups excluding carboxylic acids is 2. The van der Waals surface area contributed by atoms with Crippen molar-refractivity contribution in [2.45, 2.75) is 26.5 Å². The molecule has 0 unspecified atom stereocenters. The Kier molecular flexibility index (Phi) is 6.94. The number of aromatic nitrogens is 3. The van der Waals surface area contributed by atoms with Crippen molar-refractivity contribution >= 4 is 17.5 Å². The van der Waals surface area contributed by atoms with E-state index in [0.717, 1.165) is 22.5 Å². The van der Waals surface area contributed by atoms with Gasteiger partial charge in [0.1, 0.15) is 18.0 Å². The maximum atomic E-state index is 12.3. The quantitative estimate of drug-likeness (QED) is 0.414. The third-order valence-electron chi connectivity index (χ3n) is 5.03. The molecular formula is C25H25N5O3. The van der Waals surface area contributed by atoms with Crippen molar-refractivity contribution in [3.8, 4) is 5.75 Å². The van der Waals surface area contributed by atoms with Crippen molar-refractivity contribution in [1.82, 2.24) is 25.0 Å². The number of hydrogen-bond donors (Lipinski definition) is 2. The van der Waals surface area contributed by atoms with Gasteiger partial charge in [0, 0.05) is 49.9 Å². The van der Waals surface area contributed by atoms with Crippen LogP contribution in [0.5, 0.6) is 5.75 Å². The molecule has 3 heterocycles. The number of carbonyl (C=O) groups is 2. The first-order valence-corrected chi connectivity index (χ1v) is 10.7. The van der Waals surface area contributed by atoms with Gasteiger partial charge in [-0.2, -0.15) is 0 Å². The molecule has 0 spiro atoms. The van der Waals surface area contributed by atoms with E-state index in [9.17, 15) is 9.59 Å². The van der Waals surface area contributed by atoms with Crippen molar-refractivity contribution in [3.05, 3.63) is 95.7 Å². The zero-order chi connectivity index (χ0) is 23.0. The van der Waals surface area contributed by atoms with E-state index in [4.69, 9.17) is 4.74 Å². The van der Waals surface area contributed by atoms with Crippen molar-refractivity contribution in [1.29, 1.82) is 0 Å². The van der Waals surface area contributed by atoms with Crippen LogP contribution in [0.1, 0.15) is 33.6 Å². The van der Waals surface area contributed by atoms with E-state index in [1.54, 1.807) is 36.7 Å². The molecule has 2 N–H and O–H groups in total. The maximum absolute atomic E-state index is 12.3. The van der Waals surface area contributed by atoms with E-state index in [0.29, 0.717) is 24.5 Å². The highest BCUT2D eigenvalue weighted by Gasteiger charge is 2.08. The molecule has 33 heavy (non-hydrogen) atoms. The molecule has 8 nitrogen and oxygen atoms in total. The molecule has 0 saturated heterocycles. The van der Waals surface area contributed by atoms with Crippen LogP contribution < -0.4 is 15.4 Å². The van der Waals surface area contributed by atoms with E-state index in [1.807, 2.05) is 48.0 Å². The second-order valence-corrected chi connectivity index (χ2v) is 7.66. The predicted molar refractivity (Wildman–Crippen MR) is 124 cm³/mol. The van der Waals surface area contributed by atoms with E-state index < -0.39 is 0 Å². The van der Waals surface area contributed by atoms with Gasteiger partial charge < -0.3 is 19.8 Å². The SMILES string of the molecule is Cc1ccc2nc(COc3ccc(C(=O)NCCC(=O)NCc4ccncc4)cc3)cn2c1. The van der Waals surface area contributed by atoms with Crippen LogP contribution in [-0.4, -0.2) is 32.7 Å². The molecule has 8 heteroatoms. The zero-order valence-electron chi connectivity index (χ0n) is 18.3. The molecule has 168 valence electrons. The molecule has 1 aromatic carbocycles. The Morgan fingerprint density at radius 2 is 1.76 bits per heavy atom. The Hall–Kier alpha value is -4.20. The van der Waals surface area contributed by atoms with E-state index in [1.165, 1.54) is 0 Å². The third-order valence-corrected chi connectivity index (χ3v) is 5.03. The lowest BCUT2D eigenvalue weighted by Gasteiger charge is -2.08. The minimum absolute atomic E-state index is 0.127. The van der Waals surface area contributed by atoms with Crippen molar-refractivity contribution in [2.24, 2.45) is 0 Å². The summed E-state index contributed by atoms with van der Waals surface area (Å²) >= 11 is 0. The number of ether oxygens (including phenoxy) is 1. The first-order chi connectivity index (χ1) is 16.1. The molecule has 0 radical (unpaired) electrons. The molecule has 4 rings (SSSR count). The fraction of sp³-hybridized carbons (Fsp3) is 0.200. The van der Waals surface area contributed by atoms with Crippen LogP contribution in [0.25, 0.3) is 5.65 Å². The standard InChI is InChI=1S/C25H25N5O3/c1-18-2-7-23-29-21(16-30(23)15-18)17-33-22-5-3-20(4-6-22)25(32)27-13-10-24(31)28-14-19-8-11-26-12-9-19/h2-9,11-12,15-16H,10,13-14,17H2,1H3,(H,27,32)(H,28,31). The van der Waals surface area contributed by atoms with Gasteiger partial charge in [0.05, 0.1) is 5.69 Å². The highest BCUT2D eigenvalue weighted by molar-refractivity contribution is 5.94. The number of aryl methyl sites for hydroxylation is 1. The first kappa shape index (κ1) is 22.0. The number of rotatable bonds is 9. The van der Waals surface area contributed by atoms with Crippen molar-refractivity contribution in [2.75, 3.05) is 6.54 Å². The van der Waals surface area contributed by atoms with Crippen LogP contribution in [-0.2, 0) is 17.9 Å². The maximum Gasteiger partial charge on any atom is 0.251 e. The Bertz CT molecular complexity index is 1240. The number of fused-ring (bicyclic) bond motifs is 1. The molecule has 0 aliphatic heterocycles. The fourth-order valence-corrected chi connectivity index (χ4v) is 3.27. The van der Waals surface area contributed by atoms with Gasteiger partial charge in [-0.15, -0.1) is 0 Å². The number of nitrogens with zero attached hydrogens (tertiary/aromatic N) is 3. The highest BCUT2D eigenvalue weighted by atomic mass is 16.5. The molecule has 0 fully saturated rings. The summed E-state index contributed by atoms with van der Waals surface area (Å²) in [5.41, 5.74) is 4.33. The van der Waals surface area contributed by atoms with Crippen molar-refractivity contribution < 1.29 is 14.3 Å². The van der Waals surface area contributed by atoms with Gasteiger partial charge in [-0.05, 0) is 60.5 Å². The van der Waals surface area contributed by atoms with Gasteiger partial charge in [-0.3, -0.25) is 14.6 Å². The lowest BCUT2D eigenvalue weighted by molar-refractivity contribution is -0.121. The number of imidazole rings is 1. The van der Waals surface area contributed by atoms with Crippen LogP contribution in [0.4, 0.5) is 0 Å². The molecular weight excluding hydrogens is 418 g/mol. The Balaban J connectivity index is 1.20. The smallest absolute Gasteiger partial charge is 0.251 e. The molecule has 0 bridgehead atoms. The van der Waals surface area contributed by atoms with Gasteiger partial charge in [0.15, 0.2) is 0 Å². The molecule has 0 aliphatic carbocycles. The van der Waals surface area contributed by atoms with Crippen molar-refractivity contribution in [3.63, 3.8) is 0 Å². The molecule has 3 aromatic heterocycles. The fourth-order valence-electron chi connectivity index (χ4n) is 3.27. The normalized spacial score (nSPS) is 10.7. The van der Waals surface area contributed by atoms with Crippen LogP contribution in [0.2, 0.25) is 0 Å². The molecule has 2 amide bonds. The average molecular weight is 444 g/mol. The van der Waals surface area contributed by atoms with Crippen LogP contribution >= 0.6 is 0 Å². The summed E-state index contributed by atoms with van der Waals surface area (Å²) in [7, 11) is 0. The van der Waals surface area contributed by atoms with Crippen LogP contribution in [0.15, 0.2) is 73.3 Å². The Labute approximate surface area is 191 Å². The average Bonchev–Trinajstić information content (AvgIpc) is 3.24. The topological polar surface area (TPSA) is 97.6 Å². The first-order valence-electron chi connectivity index (χ1n) is 10.7. The lowest BCUT2D eigenvalue weighted by atomic mass is 10.2. The zero-order valence-corrected chi connectivity index (χ0v) is 18.3. The number of pyridine rings is 2. The summed E-state index contributed by atoms with van der Waals surface area (Å²) in [6, 6.07) is 14.6. The van der Waals surface area contributed by atoms with Gasteiger partial charge in [-0.25, -0.2) is 4.98 Å². The Morgan fingerprint density at radius 3 is 2.55 bits per heavy atom. The number of benzene rings is 1. The van der Waals surface area contributed by atoms with E-state index in [-0.39, 0.29) is 24.8 Å². The minimum Gasteiger partial charge on any atom is -0.487 e. The minimum atomic E-state index is -0.237. The van der Waals surface area contributed by atoms with Crippen LogP contribution in [0.3, 0.4) is 0 Å². The molecule has 0 aliphatic rings. The number of hydrogen-bond acceptors (Lipinski definition) is 5. The van der Waals surface area contributed by atoms with Gasteiger partial charge in [-0.1, -0.05) is 6.07 Å². The molecule has 4 aromatic rings. The van der Waals surface area contributed by atoms with Gasteiger partial charge >= 0.3 is 0 Å². The highest BCUT2D eigenvalue weighted by Crippen LogP contribution is 2.15.